The number of aliphatic hydroxyl groups is 1. The van der Waals surface area contributed by atoms with Crippen LogP contribution in [0.15, 0.2) is 0 Å². The summed E-state index contributed by atoms with van der Waals surface area (Å²) in [7, 11) is -9.89. The van der Waals surface area contributed by atoms with Crippen molar-refractivity contribution in [2.24, 2.45) is 5.92 Å². The Morgan fingerprint density at radius 3 is 0.756 bits per heavy atom. The van der Waals surface area contributed by atoms with Crippen molar-refractivity contribution in [3.63, 3.8) is 0 Å². The second-order valence-corrected chi connectivity index (χ2v) is 29.0. The summed E-state index contributed by atoms with van der Waals surface area (Å²) >= 11 is 0. The second-order valence-electron chi connectivity index (χ2n) is 26.1. The fourth-order valence-corrected chi connectivity index (χ4v) is 12.4. The molecule has 0 bridgehead atoms. The molecule has 0 aliphatic heterocycles. The molecule has 0 aromatic rings. The van der Waals surface area contributed by atoms with Crippen LogP contribution >= 0.6 is 15.6 Å². The largest absolute Gasteiger partial charge is 0.472 e. The van der Waals surface area contributed by atoms with Gasteiger partial charge in [-0.25, -0.2) is 9.13 Å². The van der Waals surface area contributed by atoms with Gasteiger partial charge in [0.15, 0.2) is 12.2 Å². The molecular formula is C71H138O17P2. The van der Waals surface area contributed by atoms with Gasteiger partial charge < -0.3 is 33.8 Å². The summed E-state index contributed by atoms with van der Waals surface area (Å²) in [6.45, 7) is 7.24. The number of esters is 4. The first-order chi connectivity index (χ1) is 43.5. The van der Waals surface area contributed by atoms with Crippen LogP contribution in [0.5, 0.6) is 0 Å². The lowest BCUT2D eigenvalue weighted by Crippen LogP contribution is -2.30. The predicted molar refractivity (Wildman–Crippen MR) is 363 cm³/mol. The van der Waals surface area contributed by atoms with E-state index in [-0.39, 0.29) is 25.7 Å². The highest BCUT2D eigenvalue weighted by atomic mass is 31.2. The van der Waals surface area contributed by atoms with Crippen LogP contribution in [-0.2, 0) is 65.4 Å². The molecule has 0 amide bonds. The number of phosphoric ester groups is 2. The molecule has 0 radical (unpaired) electrons. The maximum Gasteiger partial charge on any atom is 0.472 e. The van der Waals surface area contributed by atoms with Crippen LogP contribution in [0, 0.1) is 5.92 Å². The molecule has 0 heterocycles. The molecule has 17 nitrogen and oxygen atoms in total. The van der Waals surface area contributed by atoms with Gasteiger partial charge in [0.25, 0.3) is 0 Å². The normalized spacial score (nSPS) is 14.1. The van der Waals surface area contributed by atoms with Gasteiger partial charge in [0.2, 0.25) is 0 Å². The van der Waals surface area contributed by atoms with Crippen LogP contribution < -0.4 is 0 Å². The minimum Gasteiger partial charge on any atom is -0.462 e. The van der Waals surface area contributed by atoms with Crippen molar-refractivity contribution in [3.05, 3.63) is 0 Å². The number of rotatable bonds is 71. The Labute approximate surface area is 549 Å². The van der Waals surface area contributed by atoms with Crippen molar-refractivity contribution in [1.82, 2.24) is 0 Å². The molecule has 2 unspecified atom stereocenters. The van der Waals surface area contributed by atoms with E-state index in [1.165, 1.54) is 193 Å². The van der Waals surface area contributed by atoms with E-state index >= 15 is 0 Å². The zero-order valence-electron chi connectivity index (χ0n) is 58.3. The lowest BCUT2D eigenvalue weighted by Gasteiger charge is -2.21. The van der Waals surface area contributed by atoms with Gasteiger partial charge in [0.1, 0.15) is 19.3 Å². The van der Waals surface area contributed by atoms with E-state index in [4.69, 9.17) is 37.0 Å². The van der Waals surface area contributed by atoms with Gasteiger partial charge in [-0.05, 0) is 31.6 Å². The van der Waals surface area contributed by atoms with Gasteiger partial charge in [-0.2, -0.15) is 0 Å². The maximum absolute atomic E-state index is 13.0. The Balaban J connectivity index is 5.20. The molecule has 534 valence electrons. The van der Waals surface area contributed by atoms with Crippen LogP contribution in [0.4, 0.5) is 0 Å². The van der Waals surface area contributed by atoms with Gasteiger partial charge in [0, 0.05) is 25.7 Å². The van der Waals surface area contributed by atoms with E-state index in [0.717, 1.165) is 95.8 Å². The molecule has 5 atom stereocenters. The van der Waals surface area contributed by atoms with Crippen molar-refractivity contribution < 1.29 is 80.2 Å². The molecule has 0 rings (SSSR count). The van der Waals surface area contributed by atoms with Gasteiger partial charge in [-0.15, -0.1) is 0 Å². The molecule has 0 aromatic heterocycles. The van der Waals surface area contributed by atoms with Crippen LogP contribution in [-0.4, -0.2) is 96.7 Å². The number of carbonyl (C=O) groups is 4. The maximum atomic E-state index is 13.0. The molecule has 0 fully saturated rings. The molecule has 0 aromatic carbocycles. The molecule has 0 spiro atoms. The Bertz CT molecular complexity index is 1740. The highest BCUT2D eigenvalue weighted by Crippen LogP contribution is 2.45. The standard InChI is InChI=1S/C71H138O17P2/c1-6-9-12-15-18-21-22-23-24-25-28-31-36-40-45-50-55-69(74)82-61-67(88-71(76)57-52-47-42-37-32-29-26-27-30-35-38-43-48-53-64(4)5)63-86-90(79,80)84-59-65(72)58-83-89(77,78)85-62-66(87-70(75)56-51-46-41-34-20-17-14-11-8-3)60-81-68(73)54-49-44-39-33-19-16-13-10-7-2/h64-67,72H,6-63H2,1-5H3,(H,77,78)(H,79,80)/t65-,66+,67+/m0/s1. The first-order valence-corrected chi connectivity index (χ1v) is 40.1. The number of carbonyl (C=O) groups excluding carboxylic acids is 4. The average molecular weight is 1330 g/mol. The smallest absolute Gasteiger partial charge is 0.462 e. The van der Waals surface area contributed by atoms with Crippen molar-refractivity contribution in [1.29, 1.82) is 0 Å². The highest BCUT2D eigenvalue weighted by Gasteiger charge is 2.30. The molecule has 3 N–H and O–H groups in total. The summed E-state index contributed by atoms with van der Waals surface area (Å²) in [5.74, 6) is -1.34. The number of hydrogen-bond acceptors (Lipinski definition) is 15. The highest BCUT2D eigenvalue weighted by molar-refractivity contribution is 7.47. The predicted octanol–water partition coefficient (Wildman–Crippen LogP) is 20.5. The molecule has 0 saturated heterocycles. The average Bonchev–Trinajstić information content (AvgIpc) is 3.73. The number of phosphoric acid groups is 2. The number of ether oxygens (including phenoxy) is 4. The van der Waals surface area contributed by atoms with Gasteiger partial charge in [-0.1, -0.05) is 317 Å². The summed E-state index contributed by atoms with van der Waals surface area (Å²) in [6.07, 6.45) is 51.3. The number of aliphatic hydroxyl groups excluding tert-OH is 1. The third-order valence-electron chi connectivity index (χ3n) is 16.5. The summed E-state index contributed by atoms with van der Waals surface area (Å²) in [5.41, 5.74) is 0. The monoisotopic (exact) mass is 1320 g/mol. The van der Waals surface area contributed by atoms with Gasteiger partial charge in [-0.3, -0.25) is 37.3 Å². The Morgan fingerprint density at radius 2 is 0.511 bits per heavy atom. The van der Waals surface area contributed by atoms with Crippen molar-refractivity contribution >= 4 is 39.5 Å². The second kappa shape index (κ2) is 64.4. The van der Waals surface area contributed by atoms with Crippen LogP contribution in [0.3, 0.4) is 0 Å². The summed E-state index contributed by atoms with van der Waals surface area (Å²) in [5, 5.41) is 10.6. The third-order valence-corrected chi connectivity index (χ3v) is 18.4. The summed E-state index contributed by atoms with van der Waals surface area (Å²) in [4.78, 5) is 72.5. The number of hydrogen-bond donors (Lipinski definition) is 3. The molecule has 0 saturated carbocycles. The van der Waals surface area contributed by atoms with E-state index in [9.17, 15) is 43.2 Å². The van der Waals surface area contributed by atoms with Crippen LogP contribution in [0.25, 0.3) is 0 Å². The summed E-state index contributed by atoms with van der Waals surface area (Å²) < 4.78 is 68.2. The SMILES string of the molecule is CCCCCCCCCCCCCCCCCCC(=O)OC[C@H](COP(=O)(O)OC[C@@H](O)COP(=O)(O)OC[C@@H](COC(=O)CCCCCCCCCCC)OC(=O)CCCCCCCCCCC)OC(=O)CCCCCCCCCCCCCCCC(C)C. The minimum absolute atomic E-state index is 0.106. The topological polar surface area (TPSA) is 237 Å². The van der Waals surface area contributed by atoms with Crippen molar-refractivity contribution in [3.8, 4) is 0 Å². The first kappa shape index (κ1) is 88.1. The molecular weight excluding hydrogens is 1190 g/mol. The molecule has 19 heteroatoms. The quantitative estimate of drug-likeness (QED) is 0.0222. The van der Waals surface area contributed by atoms with Gasteiger partial charge in [0.05, 0.1) is 26.4 Å². The van der Waals surface area contributed by atoms with E-state index in [1.807, 2.05) is 0 Å². The third kappa shape index (κ3) is 64.8. The number of unbranched alkanes of at least 4 members (excludes halogenated alkanes) is 43. The van der Waals surface area contributed by atoms with E-state index in [2.05, 4.69) is 34.6 Å². The zero-order chi connectivity index (χ0) is 66.3. The fourth-order valence-electron chi connectivity index (χ4n) is 10.8. The van der Waals surface area contributed by atoms with Crippen LogP contribution in [0.1, 0.15) is 369 Å². The van der Waals surface area contributed by atoms with E-state index in [0.29, 0.717) is 25.7 Å². The molecule has 90 heavy (non-hydrogen) atoms. The Hall–Kier alpha value is -1.94. The Morgan fingerprint density at radius 1 is 0.300 bits per heavy atom. The fraction of sp³-hybridized carbons (Fsp3) is 0.944. The van der Waals surface area contributed by atoms with E-state index in [1.54, 1.807) is 0 Å². The van der Waals surface area contributed by atoms with Crippen molar-refractivity contribution in [2.45, 2.75) is 387 Å². The minimum atomic E-state index is -4.95. The molecule has 0 aliphatic rings. The molecule has 0 aliphatic carbocycles. The lowest BCUT2D eigenvalue weighted by atomic mass is 10.0. The first-order valence-electron chi connectivity index (χ1n) is 37.1. The summed E-state index contributed by atoms with van der Waals surface area (Å²) in [6, 6.07) is 0. The van der Waals surface area contributed by atoms with E-state index < -0.39 is 97.5 Å². The lowest BCUT2D eigenvalue weighted by molar-refractivity contribution is -0.161. The van der Waals surface area contributed by atoms with Crippen LogP contribution in [0.2, 0.25) is 0 Å². The van der Waals surface area contributed by atoms with Gasteiger partial charge >= 0.3 is 39.5 Å². The Kier molecular flexibility index (Phi) is 63.0. The zero-order valence-corrected chi connectivity index (χ0v) is 60.1. The van der Waals surface area contributed by atoms with Crippen molar-refractivity contribution in [2.75, 3.05) is 39.6 Å².